The molecule has 0 radical (unpaired) electrons. The second-order valence-corrected chi connectivity index (χ2v) is 8.07. The van der Waals surface area contributed by atoms with Crippen molar-refractivity contribution in [3.05, 3.63) is 18.2 Å². The lowest BCUT2D eigenvalue weighted by Crippen LogP contribution is -2.60. The number of aliphatic carboxylic acids is 1. The molecule has 0 fully saturated rings. The molecule has 32 heavy (non-hydrogen) atoms. The van der Waals surface area contributed by atoms with Crippen molar-refractivity contribution in [2.45, 2.75) is 64.7 Å². The first-order chi connectivity index (χ1) is 15.0. The monoisotopic (exact) mass is 454 g/mol. The van der Waals surface area contributed by atoms with Crippen LogP contribution in [0.3, 0.4) is 0 Å². The second-order valence-electron chi connectivity index (χ2n) is 8.07. The molecule has 3 amide bonds. The lowest BCUT2D eigenvalue weighted by Gasteiger charge is -2.27. The van der Waals surface area contributed by atoms with E-state index >= 15 is 0 Å². The number of carboxylic acid groups (broad SMARTS) is 1. The molecule has 1 heterocycles. The average Bonchev–Trinajstić information content (AvgIpc) is 3.26. The molecular weight excluding hydrogens is 420 g/mol. The summed E-state index contributed by atoms with van der Waals surface area (Å²) in [5.74, 6) is -3.86. The Labute approximate surface area is 186 Å². The molecule has 180 valence electrons. The summed E-state index contributed by atoms with van der Waals surface area (Å²) in [5.41, 5.74) is 6.29. The average molecular weight is 455 g/mol. The van der Waals surface area contributed by atoms with Crippen LogP contribution in [0.4, 0.5) is 0 Å². The summed E-state index contributed by atoms with van der Waals surface area (Å²) in [7, 11) is 0. The van der Waals surface area contributed by atoms with Gasteiger partial charge < -0.3 is 36.9 Å². The Morgan fingerprint density at radius 3 is 2.16 bits per heavy atom. The third kappa shape index (κ3) is 7.93. The number of imidazole rings is 1. The van der Waals surface area contributed by atoms with E-state index in [9.17, 15) is 29.4 Å². The molecule has 0 aliphatic heterocycles. The number of nitrogens with one attached hydrogen (secondary N) is 4. The molecule has 0 aliphatic carbocycles. The molecule has 0 saturated heterocycles. The summed E-state index contributed by atoms with van der Waals surface area (Å²) in [6, 6.07) is -4.51. The van der Waals surface area contributed by atoms with Crippen LogP contribution < -0.4 is 21.7 Å². The molecule has 1 aromatic heterocycles. The maximum Gasteiger partial charge on any atom is 0.326 e. The third-order valence-corrected chi connectivity index (χ3v) is 5.22. The van der Waals surface area contributed by atoms with Crippen molar-refractivity contribution in [2.75, 3.05) is 6.61 Å². The molecule has 0 spiro atoms. The standard InChI is InChI=1S/C20H34N6O6/c1-5-11(4)16(19(30)24-13(20(31)32)6-12-7-22-9-23-12)26-17(28)14(8-27)25-18(29)15(21)10(2)3/h7,9-11,13-16,27H,5-6,8,21H2,1-4H3,(H,22,23)(H,24,30)(H,25,29)(H,26,28)(H,31,32). The Kier molecular flexibility index (Phi) is 10.8. The van der Waals surface area contributed by atoms with Crippen molar-refractivity contribution < 1.29 is 29.4 Å². The van der Waals surface area contributed by atoms with Crippen molar-refractivity contribution in [1.29, 1.82) is 0 Å². The number of aromatic amines is 1. The number of nitrogens with zero attached hydrogens (tertiary/aromatic N) is 1. The smallest absolute Gasteiger partial charge is 0.326 e. The molecule has 8 N–H and O–H groups in total. The molecule has 0 bridgehead atoms. The first-order valence-electron chi connectivity index (χ1n) is 10.5. The number of amides is 3. The summed E-state index contributed by atoms with van der Waals surface area (Å²) >= 11 is 0. The lowest BCUT2D eigenvalue weighted by molar-refractivity contribution is -0.142. The highest BCUT2D eigenvalue weighted by atomic mass is 16.4. The fourth-order valence-corrected chi connectivity index (χ4v) is 2.80. The van der Waals surface area contributed by atoms with Crippen LogP contribution in [0.25, 0.3) is 0 Å². The number of aliphatic hydroxyl groups excluding tert-OH is 1. The third-order valence-electron chi connectivity index (χ3n) is 5.22. The molecule has 0 aromatic carbocycles. The van der Waals surface area contributed by atoms with Crippen LogP contribution in [0, 0.1) is 11.8 Å². The quantitative estimate of drug-likeness (QED) is 0.187. The summed E-state index contributed by atoms with van der Waals surface area (Å²) in [5, 5.41) is 26.4. The van der Waals surface area contributed by atoms with E-state index in [0.717, 1.165) is 0 Å². The summed E-state index contributed by atoms with van der Waals surface area (Å²) in [6.45, 7) is 6.31. The van der Waals surface area contributed by atoms with Gasteiger partial charge in [0.05, 0.1) is 19.0 Å². The molecular formula is C20H34N6O6. The van der Waals surface area contributed by atoms with E-state index in [1.54, 1.807) is 20.8 Å². The molecule has 0 saturated carbocycles. The first-order valence-corrected chi connectivity index (χ1v) is 10.5. The fourth-order valence-electron chi connectivity index (χ4n) is 2.80. The summed E-state index contributed by atoms with van der Waals surface area (Å²) in [4.78, 5) is 55.9. The summed E-state index contributed by atoms with van der Waals surface area (Å²) in [6.07, 6.45) is 3.33. The summed E-state index contributed by atoms with van der Waals surface area (Å²) < 4.78 is 0. The number of H-pyrrole nitrogens is 1. The van der Waals surface area contributed by atoms with Crippen LogP contribution in [0.5, 0.6) is 0 Å². The van der Waals surface area contributed by atoms with Gasteiger partial charge in [-0.25, -0.2) is 9.78 Å². The van der Waals surface area contributed by atoms with Gasteiger partial charge in [-0.15, -0.1) is 0 Å². The van der Waals surface area contributed by atoms with Crippen molar-refractivity contribution in [1.82, 2.24) is 25.9 Å². The van der Waals surface area contributed by atoms with Gasteiger partial charge in [-0.1, -0.05) is 34.1 Å². The zero-order valence-corrected chi connectivity index (χ0v) is 18.8. The predicted molar refractivity (Wildman–Crippen MR) is 115 cm³/mol. The van der Waals surface area contributed by atoms with Crippen LogP contribution >= 0.6 is 0 Å². The molecule has 0 aliphatic rings. The van der Waals surface area contributed by atoms with Crippen LogP contribution in [0.1, 0.15) is 39.8 Å². The zero-order valence-electron chi connectivity index (χ0n) is 18.8. The first kappa shape index (κ1) is 27.0. The van der Waals surface area contributed by atoms with Crippen molar-refractivity contribution >= 4 is 23.7 Å². The van der Waals surface area contributed by atoms with E-state index in [0.29, 0.717) is 12.1 Å². The van der Waals surface area contributed by atoms with Gasteiger partial charge in [0, 0.05) is 18.3 Å². The fraction of sp³-hybridized carbons (Fsp3) is 0.650. The normalized spacial score (nSPS) is 15.8. The van der Waals surface area contributed by atoms with E-state index in [1.807, 2.05) is 6.92 Å². The van der Waals surface area contributed by atoms with Crippen LogP contribution in [0.15, 0.2) is 12.5 Å². The Morgan fingerprint density at radius 2 is 1.69 bits per heavy atom. The molecule has 1 rings (SSSR count). The Bertz CT molecular complexity index is 769. The van der Waals surface area contributed by atoms with E-state index in [-0.39, 0.29) is 18.3 Å². The Morgan fingerprint density at radius 1 is 1.06 bits per heavy atom. The molecule has 5 unspecified atom stereocenters. The zero-order chi connectivity index (χ0) is 24.4. The van der Waals surface area contributed by atoms with Gasteiger partial charge in [0.2, 0.25) is 17.7 Å². The van der Waals surface area contributed by atoms with E-state index < -0.39 is 54.5 Å². The Balaban J connectivity index is 2.91. The van der Waals surface area contributed by atoms with Gasteiger partial charge in [0.1, 0.15) is 18.1 Å². The number of aromatic nitrogens is 2. The molecule has 12 nitrogen and oxygen atoms in total. The molecule has 12 heteroatoms. The van der Waals surface area contributed by atoms with Gasteiger partial charge in [-0.2, -0.15) is 0 Å². The van der Waals surface area contributed by atoms with Crippen LogP contribution in [-0.2, 0) is 25.6 Å². The molecule has 1 aromatic rings. The highest BCUT2D eigenvalue weighted by Crippen LogP contribution is 2.10. The SMILES string of the molecule is CCC(C)C(NC(=O)C(CO)NC(=O)C(N)C(C)C)C(=O)NC(Cc1cnc[nH]1)C(=O)O. The lowest BCUT2D eigenvalue weighted by atomic mass is 9.97. The number of nitrogens with two attached hydrogens (primary N) is 1. The maximum absolute atomic E-state index is 12.9. The number of carbonyl (C=O) groups excluding carboxylic acids is 3. The van der Waals surface area contributed by atoms with Crippen LogP contribution in [-0.4, -0.2) is 74.6 Å². The number of carboxylic acids is 1. The van der Waals surface area contributed by atoms with Crippen molar-refractivity contribution in [2.24, 2.45) is 17.6 Å². The minimum Gasteiger partial charge on any atom is -0.480 e. The second kappa shape index (κ2) is 12.8. The van der Waals surface area contributed by atoms with E-state index in [2.05, 4.69) is 25.9 Å². The highest BCUT2D eigenvalue weighted by Gasteiger charge is 2.33. The maximum atomic E-state index is 12.9. The predicted octanol–water partition coefficient (Wildman–Crippen LogP) is -1.49. The van der Waals surface area contributed by atoms with Gasteiger partial charge in [-0.3, -0.25) is 14.4 Å². The number of hydrogen-bond acceptors (Lipinski definition) is 7. The van der Waals surface area contributed by atoms with Gasteiger partial charge in [0.25, 0.3) is 0 Å². The van der Waals surface area contributed by atoms with Crippen LogP contribution in [0.2, 0.25) is 0 Å². The number of aliphatic hydroxyl groups is 1. The minimum atomic E-state index is -1.31. The minimum absolute atomic E-state index is 0.0232. The van der Waals surface area contributed by atoms with E-state index in [4.69, 9.17) is 5.73 Å². The van der Waals surface area contributed by atoms with Gasteiger partial charge >= 0.3 is 5.97 Å². The van der Waals surface area contributed by atoms with Gasteiger partial charge in [-0.05, 0) is 11.8 Å². The number of hydrogen-bond donors (Lipinski definition) is 7. The highest BCUT2D eigenvalue weighted by molar-refractivity contribution is 5.94. The van der Waals surface area contributed by atoms with Gasteiger partial charge in [0.15, 0.2) is 0 Å². The topological polar surface area (TPSA) is 200 Å². The number of rotatable bonds is 13. The molecule has 5 atom stereocenters. The van der Waals surface area contributed by atoms with Crippen molar-refractivity contribution in [3.8, 4) is 0 Å². The van der Waals surface area contributed by atoms with E-state index in [1.165, 1.54) is 12.5 Å². The number of carbonyl (C=O) groups is 4. The largest absolute Gasteiger partial charge is 0.480 e. The Hall–Kier alpha value is -2.99. The van der Waals surface area contributed by atoms with Crippen molar-refractivity contribution in [3.63, 3.8) is 0 Å².